The Bertz CT molecular complexity index is 2940. The van der Waals surface area contributed by atoms with E-state index in [4.69, 9.17) is 9.15 Å². The zero-order chi connectivity index (χ0) is 69.4. The Morgan fingerprint density at radius 3 is 1.73 bits per heavy atom. The Balaban J connectivity index is 1.77. The van der Waals surface area contributed by atoms with Crippen LogP contribution in [0.1, 0.15) is 191 Å². The van der Waals surface area contributed by atoms with E-state index in [1.54, 1.807) is 17.0 Å². The Morgan fingerprint density at radius 1 is 0.620 bits per heavy atom. The Hall–Kier alpha value is -7.64. The Morgan fingerprint density at radius 2 is 1.17 bits per heavy atom. The largest absolute Gasteiger partial charge is 0.497 e. The number of rotatable bonds is 38. The molecule has 1 aromatic heterocycles. The van der Waals surface area contributed by atoms with E-state index in [-0.39, 0.29) is 105 Å². The number of unbranched alkanes of at least 4 members (excludes halogenated alkanes) is 3. The first-order valence-corrected chi connectivity index (χ1v) is 32.5. The molecule has 0 bridgehead atoms. The summed E-state index contributed by atoms with van der Waals surface area (Å²) < 4.78 is 10.6. The fourth-order valence-corrected chi connectivity index (χ4v) is 10.5. The van der Waals surface area contributed by atoms with Gasteiger partial charge in [-0.15, -0.1) is 0 Å². The molecule has 2 aromatic rings. The van der Waals surface area contributed by atoms with Crippen molar-refractivity contribution in [2.45, 2.75) is 233 Å². The van der Waals surface area contributed by atoms with Gasteiger partial charge in [0.1, 0.15) is 63.7 Å². The van der Waals surface area contributed by atoms with Crippen LogP contribution in [-0.2, 0) is 47.9 Å². The lowest BCUT2D eigenvalue weighted by Gasteiger charge is -2.34. The maximum absolute atomic E-state index is 14.5. The first kappa shape index (κ1) is 78.6. The van der Waals surface area contributed by atoms with E-state index in [0.29, 0.717) is 49.9 Å². The van der Waals surface area contributed by atoms with E-state index >= 15 is 0 Å². The predicted molar refractivity (Wildman–Crippen MR) is 351 cm³/mol. The molecule has 92 heavy (non-hydrogen) atoms. The molecule has 0 spiro atoms. The third-order valence-electron chi connectivity index (χ3n) is 15.6. The number of hydrogen-bond donors (Lipinski definition) is 10. The van der Waals surface area contributed by atoms with Gasteiger partial charge in [0, 0.05) is 56.5 Å². The molecule has 26 heteroatoms. The molecule has 0 radical (unpaired) electrons. The third kappa shape index (κ3) is 25.8. The fourth-order valence-electron chi connectivity index (χ4n) is 10.5. The smallest absolute Gasteiger partial charge is 0.349 e. The summed E-state index contributed by atoms with van der Waals surface area (Å²) in [5, 5.41) is 28.1. The second kappa shape index (κ2) is 36.6. The van der Waals surface area contributed by atoms with Gasteiger partial charge < -0.3 is 72.1 Å². The highest BCUT2D eigenvalue weighted by atomic mass is 16.5. The van der Waals surface area contributed by atoms with Crippen molar-refractivity contribution in [2.75, 3.05) is 47.4 Å². The minimum absolute atomic E-state index is 0.0125. The van der Waals surface area contributed by atoms with E-state index in [0.717, 1.165) is 12.8 Å². The fraction of sp³-hybridized carbons (Fsp3) is 0.697. The molecule has 10 N–H and O–H groups in total. The molecule has 1 aliphatic rings. The summed E-state index contributed by atoms with van der Waals surface area (Å²) in [5.41, 5.74) is -5.60. The summed E-state index contributed by atoms with van der Waals surface area (Å²) in [4.78, 5) is 168. The summed E-state index contributed by atoms with van der Waals surface area (Å²) in [7, 11) is 5.25. The maximum Gasteiger partial charge on any atom is 0.349 e. The minimum atomic E-state index is -1.71. The number of amides is 11. The van der Waals surface area contributed by atoms with Crippen LogP contribution in [0.25, 0.3) is 11.0 Å². The first-order chi connectivity index (χ1) is 42.9. The highest BCUT2D eigenvalue weighted by Gasteiger charge is 2.41. The topological polar surface area (TPSA) is 354 Å². The molecule has 11 amide bonds. The van der Waals surface area contributed by atoms with Gasteiger partial charge in [-0.3, -0.25) is 52.7 Å². The van der Waals surface area contributed by atoms with Crippen molar-refractivity contribution >= 4 is 75.9 Å². The van der Waals surface area contributed by atoms with Crippen molar-refractivity contribution in [1.29, 1.82) is 0 Å². The van der Waals surface area contributed by atoms with Crippen LogP contribution in [0, 0.1) is 17.8 Å². The van der Waals surface area contributed by atoms with Crippen LogP contribution in [0.3, 0.4) is 0 Å². The van der Waals surface area contributed by atoms with Gasteiger partial charge in [0.15, 0.2) is 0 Å². The number of likely N-dealkylation sites (tertiary alicyclic amines) is 1. The van der Waals surface area contributed by atoms with Gasteiger partial charge in [0.2, 0.25) is 59.1 Å². The average Bonchev–Trinajstić information content (AvgIpc) is 0.931. The molecule has 516 valence electrons. The van der Waals surface area contributed by atoms with Crippen LogP contribution in [-0.4, -0.2) is 175 Å². The first-order valence-electron chi connectivity index (χ1n) is 32.5. The lowest BCUT2D eigenvalue weighted by molar-refractivity contribution is -0.140. The molecule has 1 saturated heterocycles. The van der Waals surface area contributed by atoms with E-state index in [1.807, 2.05) is 74.4 Å². The van der Waals surface area contributed by atoms with E-state index in [2.05, 4.69) is 53.2 Å². The number of nitrogens with zero attached hydrogens (tertiary/aromatic N) is 2. The van der Waals surface area contributed by atoms with Crippen molar-refractivity contribution < 1.29 is 61.9 Å². The molecular formula is C66H108N12O14. The Labute approximate surface area is 543 Å². The normalized spacial score (nSPS) is 15.2. The number of carbonyl (C=O) groups is 11. The lowest BCUT2D eigenvalue weighted by atomic mass is 9.96. The number of ether oxygens (including phenoxy) is 1. The van der Waals surface area contributed by atoms with Crippen molar-refractivity contribution in [1.82, 2.24) is 63.0 Å². The number of likely N-dealkylation sites (N-methyl/N-ethyl adjacent to an activating group) is 1. The van der Waals surface area contributed by atoms with E-state index in [9.17, 15) is 57.5 Å². The van der Waals surface area contributed by atoms with Gasteiger partial charge >= 0.3 is 5.63 Å². The predicted octanol–water partition coefficient (Wildman–Crippen LogP) is 3.61. The molecule has 26 nitrogen and oxygen atoms in total. The molecule has 6 atom stereocenters. The third-order valence-corrected chi connectivity index (χ3v) is 15.6. The number of fused-ring (bicyclic) bond motifs is 1. The second-order valence-corrected chi connectivity index (χ2v) is 27.4. The number of benzene rings is 1. The zero-order valence-electron chi connectivity index (χ0n) is 57.6. The van der Waals surface area contributed by atoms with E-state index < -0.39 is 106 Å². The molecule has 1 fully saturated rings. The Kier molecular flexibility index (Phi) is 31.2. The summed E-state index contributed by atoms with van der Waals surface area (Å²) in [6.45, 7) is 24.8. The maximum atomic E-state index is 14.5. The number of methoxy groups -OCH3 is 1. The van der Waals surface area contributed by atoms with Gasteiger partial charge in [-0.25, -0.2) is 4.79 Å². The van der Waals surface area contributed by atoms with Crippen molar-refractivity contribution in [3.05, 3.63) is 40.2 Å². The van der Waals surface area contributed by atoms with Gasteiger partial charge in [-0.1, -0.05) is 61.3 Å². The summed E-state index contributed by atoms with van der Waals surface area (Å²) in [6, 6.07) is 0.475. The quantitative estimate of drug-likeness (QED) is 0.0339. The molecule has 0 unspecified atom stereocenters. The molecular weight excluding hydrogens is 1180 g/mol. The van der Waals surface area contributed by atoms with Crippen molar-refractivity contribution in [3.8, 4) is 5.75 Å². The van der Waals surface area contributed by atoms with Crippen LogP contribution in [0.15, 0.2) is 33.5 Å². The van der Waals surface area contributed by atoms with Crippen LogP contribution < -0.4 is 63.5 Å². The van der Waals surface area contributed by atoms with Crippen LogP contribution >= 0.6 is 0 Å². The highest BCUT2D eigenvalue weighted by molar-refractivity contribution is 6.00. The van der Waals surface area contributed by atoms with Crippen LogP contribution in [0.2, 0.25) is 0 Å². The molecule has 1 aromatic carbocycles. The molecule has 0 saturated carbocycles. The minimum Gasteiger partial charge on any atom is -0.497 e. The van der Waals surface area contributed by atoms with Gasteiger partial charge in [0.05, 0.1) is 7.11 Å². The molecule has 2 heterocycles. The highest BCUT2D eigenvalue weighted by Crippen LogP contribution is 2.23. The lowest BCUT2D eigenvalue weighted by Crippen LogP contribution is -2.65. The number of hydrogen-bond acceptors (Lipinski definition) is 15. The van der Waals surface area contributed by atoms with Crippen LogP contribution in [0.5, 0.6) is 5.75 Å². The number of nitrogens with one attached hydrogen (secondary N) is 10. The van der Waals surface area contributed by atoms with E-state index in [1.165, 1.54) is 60.8 Å². The monoisotopic (exact) mass is 1290 g/mol. The van der Waals surface area contributed by atoms with Gasteiger partial charge in [0.25, 0.3) is 5.91 Å². The summed E-state index contributed by atoms with van der Waals surface area (Å²) in [6.07, 6.45) is 4.66. The molecule has 1 aliphatic heterocycles. The van der Waals surface area contributed by atoms with Crippen LogP contribution in [0.4, 0.5) is 0 Å². The van der Waals surface area contributed by atoms with Crippen molar-refractivity contribution in [3.63, 3.8) is 0 Å². The standard InChI is InChI=1S/C66H108N12O14/c1-18-19-20-26-53(80)78-32-23-25-50(78)59(86)70-46(24-21-22-30-67-54(81)45-36-43-27-28-44(91-17)37-51(43)92-60(45)87)55(82)71-48(34-40(4)5)57(84)74-65(11,12)62(89)73-47(33-39(2)3)56(83)72-49(35-41(6)7)58(85)75-66(13,14)63(90)76-64(9,10)61(88)68-31-29-52(79)69-42(8)38-77(15)16/h27-28,36-37,39-42,46-50H,18-26,29-35,38H2,1-17H3,(H,67,81)(H,68,88)(H,69,79)(H,70,86)(H,71,82)(H,72,83)(H,73,89)(H,74,84)(H,75,85)(H,76,90)/t42-,46-,47-,48-,49-,50-/m0/s1. The van der Waals surface area contributed by atoms with Gasteiger partial charge in [-0.2, -0.15) is 0 Å². The van der Waals surface area contributed by atoms with Crippen molar-refractivity contribution in [2.24, 2.45) is 17.8 Å². The molecule has 0 aliphatic carbocycles. The average molecular weight is 1290 g/mol. The SMILES string of the molecule is CCCCCC(=O)N1CCC[C@H]1C(=O)N[C@@H](CCCCNC(=O)c1cc2ccc(OC)cc2oc1=O)C(=O)N[C@@H](CC(C)C)C(=O)NC(C)(C)C(=O)N[C@@H](CC(C)C)C(=O)N[C@@H](CC(C)C)C(=O)NC(C)(C)C(=O)NC(C)(C)C(=O)NCCC(=O)N[C@@H](C)CN(C)C. The van der Waals surface area contributed by atoms with Gasteiger partial charge in [-0.05, 0) is 156 Å². The zero-order valence-corrected chi connectivity index (χ0v) is 57.6. The summed E-state index contributed by atoms with van der Waals surface area (Å²) >= 11 is 0. The summed E-state index contributed by atoms with van der Waals surface area (Å²) in [5.74, 6) is -6.52. The molecule has 3 rings (SSSR count). The number of carbonyl (C=O) groups excluding carboxylic acids is 11. The second-order valence-electron chi connectivity index (χ2n) is 27.4.